The number of nitrogens with one attached hydrogen (secondary N) is 1. The molecule has 0 spiro atoms. The number of benzene rings is 1. The number of pyridine rings is 1. The molecule has 0 saturated carbocycles. The molecule has 1 N–H and O–H groups in total. The highest BCUT2D eigenvalue weighted by molar-refractivity contribution is 7.92. The summed E-state index contributed by atoms with van der Waals surface area (Å²) in [6.45, 7) is 0.493. The largest absolute Gasteiger partial charge is 0.322 e. The van der Waals surface area contributed by atoms with Crippen molar-refractivity contribution in [3.8, 4) is 0 Å². The lowest BCUT2D eigenvalue weighted by Crippen LogP contribution is -2.34. The highest BCUT2D eigenvalue weighted by Crippen LogP contribution is 2.31. The maximum Gasteiger partial charge on any atom is 0.257 e. The number of fused-ring (bicyclic) bond motifs is 1. The Hall–Kier alpha value is -2.41. The monoisotopic (exact) mass is 331 g/mol. The summed E-state index contributed by atoms with van der Waals surface area (Å²) in [5.41, 5.74) is 2.74. The Morgan fingerprint density at radius 3 is 2.83 bits per heavy atom. The number of sulfonamides is 1. The topological polar surface area (TPSA) is 79.4 Å². The van der Waals surface area contributed by atoms with Gasteiger partial charge in [0.15, 0.2) is 0 Å². The molecule has 0 saturated heterocycles. The summed E-state index contributed by atoms with van der Waals surface area (Å²) in [5, 5.41) is 2.82. The molecule has 0 bridgehead atoms. The van der Waals surface area contributed by atoms with Crippen molar-refractivity contribution in [2.24, 2.45) is 0 Å². The molecule has 0 unspecified atom stereocenters. The predicted octanol–water partition coefficient (Wildman–Crippen LogP) is 2.05. The fraction of sp³-hybridized carbons (Fsp3) is 0.250. The number of hydrogen-bond acceptors (Lipinski definition) is 4. The number of amides is 1. The van der Waals surface area contributed by atoms with Gasteiger partial charge in [0.2, 0.25) is 10.0 Å². The summed E-state index contributed by atoms with van der Waals surface area (Å²) in [6.07, 6.45) is 5.87. The average Bonchev–Trinajstić information content (AvgIpc) is 2.54. The molecule has 120 valence electrons. The Morgan fingerprint density at radius 1 is 1.30 bits per heavy atom. The van der Waals surface area contributed by atoms with E-state index in [-0.39, 0.29) is 5.91 Å². The first-order valence-corrected chi connectivity index (χ1v) is 9.12. The van der Waals surface area contributed by atoms with Crippen molar-refractivity contribution in [2.75, 3.05) is 22.4 Å². The minimum Gasteiger partial charge on any atom is -0.322 e. The third kappa shape index (κ3) is 3.34. The fourth-order valence-electron chi connectivity index (χ4n) is 2.69. The molecule has 0 atom stereocenters. The van der Waals surface area contributed by atoms with Crippen LogP contribution < -0.4 is 9.62 Å². The number of hydrogen-bond donors (Lipinski definition) is 1. The van der Waals surface area contributed by atoms with E-state index >= 15 is 0 Å². The van der Waals surface area contributed by atoms with Crippen molar-refractivity contribution in [1.82, 2.24) is 4.98 Å². The number of aromatic nitrogens is 1. The zero-order valence-corrected chi connectivity index (χ0v) is 13.5. The Kier molecular flexibility index (Phi) is 4.04. The van der Waals surface area contributed by atoms with Crippen molar-refractivity contribution >= 4 is 27.3 Å². The Balaban J connectivity index is 1.86. The van der Waals surface area contributed by atoms with Crippen molar-refractivity contribution in [2.45, 2.75) is 12.8 Å². The maximum absolute atomic E-state index is 12.1. The molecule has 23 heavy (non-hydrogen) atoms. The van der Waals surface area contributed by atoms with Gasteiger partial charge < -0.3 is 5.32 Å². The van der Waals surface area contributed by atoms with Crippen molar-refractivity contribution in [1.29, 1.82) is 0 Å². The van der Waals surface area contributed by atoms with Crippen LogP contribution in [0.5, 0.6) is 0 Å². The Morgan fingerprint density at radius 2 is 2.13 bits per heavy atom. The third-order valence-electron chi connectivity index (χ3n) is 3.74. The molecule has 7 heteroatoms. The molecular weight excluding hydrogens is 314 g/mol. The molecule has 1 aliphatic rings. The molecule has 2 aromatic rings. The lowest BCUT2D eigenvalue weighted by atomic mass is 10.0. The van der Waals surface area contributed by atoms with E-state index in [0.717, 1.165) is 18.4 Å². The number of aryl methyl sites for hydroxylation is 1. The van der Waals surface area contributed by atoms with E-state index in [1.165, 1.54) is 16.8 Å². The van der Waals surface area contributed by atoms with E-state index in [1.54, 1.807) is 30.5 Å². The molecule has 6 nitrogen and oxygen atoms in total. The molecular formula is C16H17N3O3S. The summed E-state index contributed by atoms with van der Waals surface area (Å²) in [4.78, 5) is 16.1. The lowest BCUT2D eigenvalue weighted by molar-refractivity contribution is 0.102. The van der Waals surface area contributed by atoms with Crippen LogP contribution in [0.2, 0.25) is 0 Å². The van der Waals surface area contributed by atoms with E-state index in [2.05, 4.69) is 10.3 Å². The molecule has 0 fully saturated rings. The summed E-state index contributed by atoms with van der Waals surface area (Å²) < 4.78 is 25.1. The van der Waals surface area contributed by atoms with Gasteiger partial charge in [0.25, 0.3) is 5.91 Å². The van der Waals surface area contributed by atoms with Crippen LogP contribution in [0.25, 0.3) is 0 Å². The van der Waals surface area contributed by atoms with Crippen LogP contribution in [0, 0.1) is 0 Å². The van der Waals surface area contributed by atoms with E-state index < -0.39 is 10.0 Å². The van der Waals surface area contributed by atoms with Crippen LogP contribution in [0.15, 0.2) is 42.7 Å². The number of carbonyl (C=O) groups is 1. The molecule has 0 radical (unpaired) electrons. The van der Waals surface area contributed by atoms with Gasteiger partial charge in [0.1, 0.15) is 0 Å². The van der Waals surface area contributed by atoms with Crippen LogP contribution in [0.4, 0.5) is 11.4 Å². The van der Waals surface area contributed by atoms with Gasteiger partial charge in [0, 0.05) is 24.6 Å². The van der Waals surface area contributed by atoms with Crippen LogP contribution >= 0.6 is 0 Å². The normalized spacial score (nSPS) is 14.2. The van der Waals surface area contributed by atoms with E-state index in [1.807, 2.05) is 6.07 Å². The smallest absolute Gasteiger partial charge is 0.257 e. The minimum atomic E-state index is -3.28. The molecule has 1 aromatic heterocycles. The first-order chi connectivity index (χ1) is 10.9. The minimum absolute atomic E-state index is 0.242. The van der Waals surface area contributed by atoms with Crippen LogP contribution in [-0.2, 0) is 16.4 Å². The van der Waals surface area contributed by atoms with Gasteiger partial charge in [-0.1, -0.05) is 0 Å². The predicted molar refractivity (Wildman–Crippen MR) is 89.1 cm³/mol. The first-order valence-electron chi connectivity index (χ1n) is 7.27. The van der Waals surface area contributed by atoms with Gasteiger partial charge in [-0.3, -0.25) is 14.1 Å². The van der Waals surface area contributed by atoms with Crippen molar-refractivity contribution in [3.05, 3.63) is 53.9 Å². The zero-order chi connectivity index (χ0) is 16.4. The summed E-state index contributed by atoms with van der Waals surface area (Å²) in [7, 11) is -3.28. The molecule has 0 aliphatic carbocycles. The molecule has 1 aliphatic heterocycles. The fourth-order valence-corrected chi connectivity index (χ4v) is 3.68. The molecule has 2 heterocycles. The second-order valence-electron chi connectivity index (χ2n) is 5.48. The van der Waals surface area contributed by atoms with Crippen LogP contribution in [0.3, 0.4) is 0 Å². The quantitative estimate of drug-likeness (QED) is 0.933. The zero-order valence-electron chi connectivity index (χ0n) is 12.7. The second-order valence-corrected chi connectivity index (χ2v) is 7.38. The van der Waals surface area contributed by atoms with Crippen molar-refractivity contribution in [3.63, 3.8) is 0 Å². The highest BCUT2D eigenvalue weighted by atomic mass is 32.2. The van der Waals surface area contributed by atoms with E-state index in [0.29, 0.717) is 23.5 Å². The van der Waals surface area contributed by atoms with Crippen LogP contribution in [0.1, 0.15) is 22.3 Å². The summed E-state index contributed by atoms with van der Waals surface area (Å²) in [6, 6.07) is 8.68. The maximum atomic E-state index is 12.1. The number of nitrogens with zero attached hydrogens (tertiary/aromatic N) is 2. The molecule has 3 rings (SSSR count). The van der Waals surface area contributed by atoms with Gasteiger partial charge in [-0.05, 0) is 48.7 Å². The average molecular weight is 331 g/mol. The third-order valence-corrected chi connectivity index (χ3v) is 4.92. The molecule has 1 aromatic carbocycles. The number of anilines is 2. The summed E-state index contributed by atoms with van der Waals surface area (Å²) >= 11 is 0. The number of carbonyl (C=O) groups excluding carboxylic acids is 1. The van der Waals surface area contributed by atoms with Gasteiger partial charge in [-0.2, -0.15) is 0 Å². The second kappa shape index (κ2) is 6.00. The van der Waals surface area contributed by atoms with E-state index in [4.69, 9.17) is 0 Å². The highest BCUT2D eigenvalue weighted by Gasteiger charge is 2.24. The van der Waals surface area contributed by atoms with Gasteiger partial charge in [0.05, 0.1) is 17.5 Å². The number of rotatable bonds is 3. The van der Waals surface area contributed by atoms with E-state index in [9.17, 15) is 13.2 Å². The Labute approximate surface area is 135 Å². The standard InChI is InChI=1S/C16H17N3O3S/c1-23(21,22)19-9-3-5-12-10-14(6-7-15(12)19)18-16(20)13-4-2-8-17-11-13/h2,4,6-8,10-11H,3,5,9H2,1H3,(H,18,20). The molecule has 1 amide bonds. The lowest BCUT2D eigenvalue weighted by Gasteiger charge is -2.29. The SMILES string of the molecule is CS(=O)(=O)N1CCCc2cc(NC(=O)c3cccnc3)ccc21. The van der Waals surface area contributed by atoms with Gasteiger partial charge in [-0.25, -0.2) is 8.42 Å². The summed E-state index contributed by atoms with van der Waals surface area (Å²) in [5.74, 6) is -0.242. The first kappa shape index (κ1) is 15.5. The van der Waals surface area contributed by atoms with Crippen molar-refractivity contribution < 1.29 is 13.2 Å². The van der Waals surface area contributed by atoms with Gasteiger partial charge >= 0.3 is 0 Å². The Bertz CT molecular complexity index is 835. The van der Waals surface area contributed by atoms with Crippen LogP contribution in [-0.4, -0.2) is 32.1 Å². The van der Waals surface area contributed by atoms with Gasteiger partial charge in [-0.15, -0.1) is 0 Å².